The molecular formula is C8H13N5OS. The van der Waals surface area contributed by atoms with Gasteiger partial charge in [0.1, 0.15) is 0 Å². The highest BCUT2D eigenvalue weighted by molar-refractivity contribution is 8.00. The second-order valence-corrected chi connectivity index (χ2v) is 5.04. The van der Waals surface area contributed by atoms with Gasteiger partial charge in [-0.1, -0.05) is 6.92 Å². The maximum Gasteiger partial charge on any atom is 0.295 e. The summed E-state index contributed by atoms with van der Waals surface area (Å²) in [5.74, 6) is 0.985. The minimum absolute atomic E-state index is 0.136. The third-order valence-corrected chi connectivity index (χ3v) is 4.02. The Morgan fingerprint density at radius 2 is 2.40 bits per heavy atom. The molecule has 0 spiro atoms. The Balaban J connectivity index is 2.13. The minimum Gasteiger partial charge on any atom is -0.331 e. The molecule has 2 heterocycles. The van der Waals surface area contributed by atoms with Crippen LogP contribution in [0.1, 0.15) is 24.5 Å². The highest BCUT2D eigenvalue weighted by Crippen LogP contribution is 2.24. The van der Waals surface area contributed by atoms with E-state index in [4.69, 9.17) is 0 Å². The number of carbonyl (C=O) groups excluding carboxylic acids is 1. The van der Waals surface area contributed by atoms with Crippen molar-refractivity contribution in [2.75, 3.05) is 12.3 Å². The molecule has 0 bridgehead atoms. The van der Waals surface area contributed by atoms with E-state index in [1.54, 1.807) is 0 Å². The van der Waals surface area contributed by atoms with Crippen LogP contribution in [0.5, 0.6) is 0 Å². The largest absolute Gasteiger partial charge is 0.331 e. The van der Waals surface area contributed by atoms with Crippen LogP contribution in [0, 0.1) is 0 Å². The Bertz CT molecular complexity index is 341. The molecule has 1 saturated heterocycles. The van der Waals surface area contributed by atoms with Gasteiger partial charge < -0.3 is 4.90 Å². The molecule has 0 saturated carbocycles. The Hall–Kier alpha value is -1.11. The number of aromatic amines is 1. The summed E-state index contributed by atoms with van der Waals surface area (Å²) in [5, 5.41) is 13.6. The predicted octanol–water partition coefficient (Wildman–Crippen LogP) is 0.166. The summed E-state index contributed by atoms with van der Waals surface area (Å²) in [5.41, 5.74) is 0. The van der Waals surface area contributed by atoms with E-state index in [0.29, 0.717) is 5.25 Å². The first-order chi connectivity index (χ1) is 7.20. The SMILES string of the molecule is CC1SCCN(C(=O)c2nn[nH]n2)C1C. The summed E-state index contributed by atoms with van der Waals surface area (Å²) in [7, 11) is 0. The van der Waals surface area contributed by atoms with Crippen molar-refractivity contribution in [3.63, 3.8) is 0 Å². The van der Waals surface area contributed by atoms with E-state index >= 15 is 0 Å². The van der Waals surface area contributed by atoms with Crippen molar-refractivity contribution in [2.45, 2.75) is 25.1 Å². The fraction of sp³-hybridized carbons (Fsp3) is 0.750. The Morgan fingerprint density at radius 1 is 1.60 bits per heavy atom. The molecule has 2 rings (SSSR count). The van der Waals surface area contributed by atoms with E-state index < -0.39 is 0 Å². The second kappa shape index (κ2) is 4.18. The number of amides is 1. The van der Waals surface area contributed by atoms with Crippen molar-refractivity contribution in [3.05, 3.63) is 5.82 Å². The molecule has 7 heteroatoms. The zero-order valence-electron chi connectivity index (χ0n) is 8.67. The standard InChI is InChI=1S/C8H13N5OS/c1-5-6(2)15-4-3-13(5)8(14)7-9-11-12-10-7/h5-6H,3-4H2,1-2H3,(H,9,10,11,12). The van der Waals surface area contributed by atoms with E-state index in [1.165, 1.54) is 0 Å². The number of thioether (sulfide) groups is 1. The van der Waals surface area contributed by atoms with Crippen molar-refractivity contribution in [1.29, 1.82) is 0 Å². The molecule has 15 heavy (non-hydrogen) atoms. The molecule has 1 amide bonds. The van der Waals surface area contributed by atoms with Crippen molar-refractivity contribution in [1.82, 2.24) is 25.5 Å². The molecule has 0 aliphatic carbocycles. The van der Waals surface area contributed by atoms with Gasteiger partial charge in [-0.2, -0.15) is 17.0 Å². The zero-order chi connectivity index (χ0) is 10.8. The second-order valence-electron chi connectivity index (χ2n) is 3.55. The number of nitrogens with one attached hydrogen (secondary N) is 1. The van der Waals surface area contributed by atoms with Crippen LogP contribution >= 0.6 is 11.8 Å². The van der Waals surface area contributed by atoms with E-state index in [1.807, 2.05) is 16.7 Å². The summed E-state index contributed by atoms with van der Waals surface area (Å²) in [6, 6.07) is 0.217. The van der Waals surface area contributed by atoms with Crippen LogP contribution in [0.4, 0.5) is 0 Å². The Morgan fingerprint density at radius 3 is 3.07 bits per heavy atom. The molecule has 1 aromatic rings. The molecule has 1 aliphatic rings. The quantitative estimate of drug-likeness (QED) is 0.740. The molecule has 2 atom stereocenters. The zero-order valence-corrected chi connectivity index (χ0v) is 9.49. The van der Waals surface area contributed by atoms with Crippen molar-refractivity contribution in [3.8, 4) is 0 Å². The van der Waals surface area contributed by atoms with Gasteiger partial charge in [0.15, 0.2) is 0 Å². The summed E-state index contributed by atoms with van der Waals surface area (Å²) in [4.78, 5) is 13.8. The summed E-state index contributed by atoms with van der Waals surface area (Å²) >= 11 is 1.89. The van der Waals surface area contributed by atoms with E-state index in [0.717, 1.165) is 12.3 Å². The Kier molecular flexibility index (Phi) is 2.90. The molecule has 1 aliphatic heterocycles. The van der Waals surface area contributed by atoms with Crippen molar-refractivity contribution < 1.29 is 4.79 Å². The molecule has 1 aromatic heterocycles. The highest BCUT2D eigenvalue weighted by Gasteiger charge is 2.31. The third-order valence-electron chi connectivity index (χ3n) is 2.68. The fourth-order valence-electron chi connectivity index (χ4n) is 1.60. The molecular weight excluding hydrogens is 214 g/mol. The van der Waals surface area contributed by atoms with E-state index in [-0.39, 0.29) is 17.8 Å². The molecule has 2 unspecified atom stereocenters. The number of hydrogen-bond acceptors (Lipinski definition) is 5. The number of rotatable bonds is 1. The Labute approximate surface area is 91.8 Å². The number of nitrogens with zero attached hydrogens (tertiary/aromatic N) is 4. The topological polar surface area (TPSA) is 74.8 Å². The number of tetrazole rings is 1. The predicted molar refractivity (Wildman–Crippen MR) is 56.6 cm³/mol. The minimum atomic E-state index is -0.136. The van der Waals surface area contributed by atoms with Crippen molar-refractivity contribution >= 4 is 17.7 Å². The number of aromatic nitrogens is 4. The molecule has 1 N–H and O–H groups in total. The van der Waals surface area contributed by atoms with Gasteiger partial charge in [0, 0.05) is 23.6 Å². The average Bonchev–Trinajstić information content (AvgIpc) is 2.74. The van der Waals surface area contributed by atoms with Crippen LogP contribution in [-0.2, 0) is 0 Å². The monoisotopic (exact) mass is 227 g/mol. The highest BCUT2D eigenvalue weighted by atomic mass is 32.2. The summed E-state index contributed by atoms with van der Waals surface area (Å²) in [6.45, 7) is 4.93. The molecule has 82 valence electrons. The lowest BCUT2D eigenvalue weighted by atomic mass is 10.2. The van der Waals surface area contributed by atoms with Gasteiger partial charge in [0.05, 0.1) is 0 Å². The lowest BCUT2D eigenvalue weighted by Gasteiger charge is -2.36. The maximum absolute atomic E-state index is 11.9. The first-order valence-corrected chi connectivity index (χ1v) is 5.91. The number of carbonyl (C=O) groups is 1. The molecule has 6 nitrogen and oxygen atoms in total. The summed E-state index contributed by atoms with van der Waals surface area (Å²) < 4.78 is 0. The first kappa shape index (κ1) is 10.4. The maximum atomic E-state index is 11.9. The van der Waals surface area contributed by atoms with Crippen LogP contribution in [-0.4, -0.2) is 55.0 Å². The summed E-state index contributed by atoms with van der Waals surface area (Å²) in [6.07, 6.45) is 0. The third kappa shape index (κ3) is 1.97. The lowest BCUT2D eigenvalue weighted by molar-refractivity contribution is 0.0685. The van der Waals surface area contributed by atoms with Crippen molar-refractivity contribution in [2.24, 2.45) is 0 Å². The van der Waals surface area contributed by atoms with Crippen LogP contribution in [0.2, 0.25) is 0 Å². The smallest absolute Gasteiger partial charge is 0.295 e. The fourth-order valence-corrected chi connectivity index (χ4v) is 2.70. The van der Waals surface area contributed by atoms with Crippen LogP contribution in [0.25, 0.3) is 0 Å². The average molecular weight is 227 g/mol. The van der Waals surface area contributed by atoms with Gasteiger partial charge in [-0.3, -0.25) is 4.79 Å². The first-order valence-electron chi connectivity index (χ1n) is 4.86. The van der Waals surface area contributed by atoms with Gasteiger partial charge in [-0.05, 0) is 12.1 Å². The lowest BCUT2D eigenvalue weighted by Crippen LogP contribution is -2.48. The number of H-pyrrole nitrogens is 1. The normalized spacial score (nSPS) is 26.7. The van der Waals surface area contributed by atoms with Gasteiger partial charge in [-0.15, -0.1) is 10.2 Å². The van der Waals surface area contributed by atoms with Crippen LogP contribution < -0.4 is 0 Å². The van der Waals surface area contributed by atoms with Gasteiger partial charge in [0.2, 0.25) is 0 Å². The van der Waals surface area contributed by atoms with Gasteiger partial charge >= 0.3 is 0 Å². The molecule has 0 aromatic carbocycles. The molecule has 0 radical (unpaired) electrons. The van der Waals surface area contributed by atoms with E-state index in [2.05, 4.69) is 34.5 Å². The van der Waals surface area contributed by atoms with Crippen LogP contribution in [0.15, 0.2) is 0 Å². The van der Waals surface area contributed by atoms with Crippen LogP contribution in [0.3, 0.4) is 0 Å². The van der Waals surface area contributed by atoms with Gasteiger partial charge in [0.25, 0.3) is 11.7 Å². The van der Waals surface area contributed by atoms with E-state index in [9.17, 15) is 4.79 Å². The number of hydrogen-bond donors (Lipinski definition) is 1. The van der Waals surface area contributed by atoms with Gasteiger partial charge in [-0.25, -0.2) is 0 Å². The molecule has 1 fully saturated rings.